The first-order valence-corrected chi connectivity index (χ1v) is 10.6. The SMILES string of the molecule is O=C(NCC1CCCCC1)N1CCN(S(=O)(=O)c2ccccc2)CC1. The second-order valence-electron chi connectivity index (χ2n) is 6.89. The topological polar surface area (TPSA) is 69.7 Å². The zero-order valence-electron chi connectivity index (χ0n) is 14.6. The lowest BCUT2D eigenvalue weighted by molar-refractivity contribution is 0.169. The van der Waals surface area contributed by atoms with Gasteiger partial charge in [0.1, 0.15) is 0 Å². The van der Waals surface area contributed by atoms with Crippen molar-refractivity contribution in [2.24, 2.45) is 5.92 Å². The van der Waals surface area contributed by atoms with E-state index in [1.807, 2.05) is 0 Å². The van der Waals surface area contributed by atoms with Crippen LogP contribution in [0.5, 0.6) is 0 Å². The molecule has 1 N–H and O–H groups in total. The summed E-state index contributed by atoms with van der Waals surface area (Å²) < 4.78 is 26.7. The summed E-state index contributed by atoms with van der Waals surface area (Å²) in [6.07, 6.45) is 6.22. The van der Waals surface area contributed by atoms with E-state index in [-0.39, 0.29) is 6.03 Å². The number of benzene rings is 1. The third-order valence-electron chi connectivity index (χ3n) is 5.17. The minimum atomic E-state index is -3.47. The molecule has 1 aromatic rings. The number of nitrogens with zero attached hydrogens (tertiary/aromatic N) is 2. The predicted molar refractivity (Wildman–Crippen MR) is 96.7 cm³/mol. The van der Waals surface area contributed by atoms with Crippen LogP contribution in [0.25, 0.3) is 0 Å². The molecule has 1 aromatic carbocycles. The normalized spacial score (nSPS) is 20.4. The van der Waals surface area contributed by atoms with Crippen LogP contribution in [0.4, 0.5) is 4.79 Å². The highest BCUT2D eigenvalue weighted by molar-refractivity contribution is 7.89. The van der Waals surface area contributed by atoms with Crippen molar-refractivity contribution in [3.05, 3.63) is 30.3 Å². The maximum Gasteiger partial charge on any atom is 0.317 e. The molecule has 1 saturated carbocycles. The van der Waals surface area contributed by atoms with Gasteiger partial charge < -0.3 is 10.2 Å². The Hall–Kier alpha value is -1.60. The number of carbonyl (C=O) groups excluding carboxylic acids is 1. The predicted octanol–water partition coefficient (Wildman–Crippen LogP) is 2.28. The van der Waals surface area contributed by atoms with Gasteiger partial charge in [-0.15, -0.1) is 0 Å². The van der Waals surface area contributed by atoms with E-state index < -0.39 is 10.0 Å². The van der Waals surface area contributed by atoms with Crippen molar-refractivity contribution in [1.29, 1.82) is 0 Å². The van der Waals surface area contributed by atoms with Gasteiger partial charge in [0.05, 0.1) is 4.90 Å². The van der Waals surface area contributed by atoms with Gasteiger partial charge in [0.25, 0.3) is 0 Å². The van der Waals surface area contributed by atoms with Gasteiger partial charge in [-0.25, -0.2) is 13.2 Å². The van der Waals surface area contributed by atoms with E-state index in [0.29, 0.717) is 37.0 Å². The second-order valence-corrected chi connectivity index (χ2v) is 8.83. The lowest BCUT2D eigenvalue weighted by atomic mass is 9.89. The number of rotatable bonds is 4. The van der Waals surface area contributed by atoms with Crippen LogP contribution in [0, 0.1) is 5.92 Å². The fourth-order valence-corrected chi connectivity index (χ4v) is 5.05. The van der Waals surface area contributed by atoms with E-state index >= 15 is 0 Å². The van der Waals surface area contributed by atoms with Gasteiger partial charge in [0.15, 0.2) is 0 Å². The molecule has 2 fully saturated rings. The molecule has 0 bridgehead atoms. The van der Waals surface area contributed by atoms with Gasteiger partial charge in [-0.2, -0.15) is 4.31 Å². The lowest BCUT2D eigenvalue weighted by Gasteiger charge is -2.34. The number of sulfonamides is 1. The molecule has 2 amide bonds. The highest BCUT2D eigenvalue weighted by Gasteiger charge is 2.30. The van der Waals surface area contributed by atoms with E-state index in [2.05, 4.69) is 5.32 Å². The average molecular weight is 365 g/mol. The summed E-state index contributed by atoms with van der Waals surface area (Å²) in [7, 11) is -3.47. The van der Waals surface area contributed by atoms with Gasteiger partial charge in [-0.05, 0) is 30.9 Å². The Kier molecular flexibility index (Phi) is 5.96. The zero-order valence-corrected chi connectivity index (χ0v) is 15.4. The molecule has 0 radical (unpaired) electrons. The van der Waals surface area contributed by atoms with E-state index in [4.69, 9.17) is 0 Å². The molecular formula is C18H27N3O3S. The average Bonchev–Trinajstić information content (AvgIpc) is 2.68. The molecule has 7 heteroatoms. The maximum atomic E-state index is 12.6. The summed E-state index contributed by atoms with van der Waals surface area (Å²) in [5.41, 5.74) is 0. The highest BCUT2D eigenvalue weighted by Crippen LogP contribution is 2.23. The number of hydrogen-bond donors (Lipinski definition) is 1. The van der Waals surface area contributed by atoms with Crippen molar-refractivity contribution >= 4 is 16.1 Å². The summed E-state index contributed by atoms with van der Waals surface area (Å²) in [5, 5.41) is 3.03. The van der Waals surface area contributed by atoms with Crippen molar-refractivity contribution in [2.45, 2.75) is 37.0 Å². The summed E-state index contributed by atoms with van der Waals surface area (Å²) in [4.78, 5) is 14.3. The van der Waals surface area contributed by atoms with E-state index in [0.717, 1.165) is 6.54 Å². The molecule has 1 aliphatic heterocycles. The molecule has 0 aromatic heterocycles. The first-order chi connectivity index (χ1) is 12.1. The largest absolute Gasteiger partial charge is 0.338 e. The molecule has 1 saturated heterocycles. The molecule has 0 atom stereocenters. The number of piperazine rings is 1. The quantitative estimate of drug-likeness (QED) is 0.890. The Bertz CT molecular complexity index is 664. The zero-order chi connectivity index (χ0) is 17.7. The fourth-order valence-electron chi connectivity index (χ4n) is 3.61. The first-order valence-electron chi connectivity index (χ1n) is 9.15. The van der Waals surface area contributed by atoms with Gasteiger partial charge >= 0.3 is 6.03 Å². The van der Waals surface area contributed by atoms with Crippen LogP contribution in [-0.2, 0) is 10.0 Å². The third kappa shape index (κ3) is 4.52. The molecule has 6 nitrogen and oxygen atoms in total. The Morgan fingerprint density at radius 2 is 1.64 bits per heavy atom. The van der Waals surface area contributed by atoms with E-state index in [1.54, 1.807) is 35.2 Å². The van der Waals surface area contributed by atoms with Gasteiger partial charge in [-0.1, -0.05) is 37.5 Å². The summed E-state index contributed by atoms with van der Waals surface area (Å²) in [5.74, 6) is 0.595. The third-order valence-corrected chi connectivity index (χ3v) is 7.09. The molecule has 0 spiro atoms. The maximum absolute atomic E-state index is 12.6. The van der Waals surface area contributed by atoms with Crippen LogP contribution < -0.4 is 5.32 Å². The van der Waals surface area contributed by atoms with Crippen molar-refractivity contribution in [2.75, 3.05) is 32.7 Å². The van der Waals surface area contributed by atoms with Crippen molar-refractivity contribution in [3.8, 4) is 0 Å². The smallest absolute Gasteiger partial charge is 0.317 e. The number of hydrogen-bond acceptors (Lipinski definition) is 3. The van der Waals surface area contributed by atoms with E-state index in [1.165, 1.54) is 36.4 Å². The molecule has 2 aliphatic rings. The van der Waals surface area contributed by atoms with Crippen LogP contribution in [-0.4, -0.2) is 56.4 Å². The van der Waals surface area contributed by atoms with Crippen LogP contribution in [0.1, 0.15) is 32.1 Å². The van der Waals surface area contributed by atoms with Crippen molar-refractivity contribution in [3.63, 3.8) is 0 Å². The molecule has 1 heterocycles. The molecule has 138 valence electrons. The molecule has 3 rings (SSSR count). The van der Waals surface area contributed by atoms with Gasteiger partial charge in [0.2, 0.25) is 10.0 Å². The standard InChI is InChI=1S/C18H27N3O3S/c22-18(19-15-16-7-3-1-4-8-16)20-11-13-21(14-12-20)25(23,24)17-9-5-2-6-10-17/h2,5-6,9-10,16H,1,3-4,7-8,11-15H2,(H,19,22). The minimum Gasteiger partial charge on any atom is -0.338 e. The highest BCUT2D eigenvalue weighted by atomic mass is 32.2. The molecule has 0 unspecified atom stereocenters. The van der Waals surface area contributed by atoms with Crippen molar-refractivity contribution < 1.29 is 13.2 Å². The fraction of sp³-hybridized carbons (Fsp3) is 0.611. The van der Waals surface area contributed by atoms with E-state index in [9.17, 15) is 13.2 Å². The second kappa shape index (κ2) is 8.19. The van der Waals surface area contributed by atoms with Crippen molar-refractivity contribution in [1.82, 2.24) is 14.5 Å². The van der Waals surface area contributed by atoms with Gasteiger partial charge in [0, 0.05) is 32.7 Å². The number of nitrogens with one attached hydrogen (secondary N) is 1. The summed E-state index contributed by atoms with van der Waals surface area (Å²) >= 11 is 0. The molecule has 25 heavy (non-hydrogen) atoms. The van der Waals surface area contributed by atoms with Crippen LogP contribution in [0.15, 0.2) is 35.2 Å². The van der Waals surface area contributed by atoms with Crippen LogP contribution in [0.3, 0.4) is 0 Å². The number of carbonyl (C=O) groups is 1. The molecule has 1 aliphatic carbocycles. The summed E-state index contributed by atoms with van der Waals surface area (Å²) in [6.45, 7) is 2.29. The minimum absolute atomic E-state index is 0.0673. The Morgan fingerprint density at radius 3 is 2.28 bits per heavy atom. The molecular weight excluding hydrogens is 338 g/mol. The Balaban J connectivity index is 1.49. The first kappa shape index (κ1) is 18.2. The van der Waals surface area contributed by atoms with Crippen LogP contribution >= 0.6 is 0 Å². The number of urea groups is 1. The summed E-state index contributed by atoms with van der Waals surface area (Å²) in [6, 6.07) is 8.40. The Morgan fingerprint density at radius 1 is 1.00 bits per heavy atom. The monoisotopic (exact) mass is 365 g/mol. The van der Waals surface area contributed by atoms with Gasteiger partial charge in [-0.3, -0.25) is 0 Å². The van der Waals surface area contributed by atoms with Crippen LogP contribution in [0.2, 0.25) is 0 Å². The lowest BCUT2D eigenvalue weighted by Crippen LogP contribution is -2.53. The Labute approximate surface area is 150 Å². The number of amides is 2.